The summed E-state index contributed by atoms with van der Waals surface area (Å²) in [6, 6.07) is 3.73. The van der Waals surface area contributed by atoms with Crippen LogP contribution in [-0.4, -0.2) is 28.8 Å². The molecule has 31 heavy (non-hydrogen) atoms. The van der Waals surface area contributed by atoms with Crippen LogP contribution in [-0.2, 0) is 4.79 Å². The lowest BCUT2D eigenvalue weighted by molar-refractivity contribution is -0.118. The molecule has 0 aliphatic carbocycles. The van der Waals surface area contributed by atoms with Crippen molar-refractivity contribution in [2.45, 2.75) is 47.5 Å². The molecule has 0 aliphatic rings. The van der Waals surface area contributed by atoms with Crippen molar-refractivity contribution in [3.05, 3.63) is 27.0 Å². The average molecular weight is 540 g/mol. The van der Waals surface area contributed by atoms with E-state index in [-0.39, 0.29) is 52.7 Å². The highest BCUT2D eigenvalue weighted by Gasteiger charge is 2.25. The second-order valence-electron chi connectivity index (χ2n) is 8.05. The van der Waals surface area contributed by atoms with Crippen LogP contribution in [0.2, 0.25) is 0 Å². The molecule has 0 saturated heterocycles. The number of carbonyl (C=O) groups excluding carboxylic acids is 2. The SMILES string of the molecule is COc1cc(C(C)C)c(Oc2c(N)nc(NC(=O)C(C)C)nc2C(=O)C(C)C)cc1I. The van der Waals surface area contributed by atoms with Crippen molar-refractivity contribution in [1.82, 2.24) is 9.97 Å². The molecule has 3 N–H and O–H groups in total. The third-order valence-electron chi connectivity index (χ3n) is 4.53. The van der Waals surface area contributed by atoms with Gasteiger partial charge in [-0.2, -0.15) is 4.98 Å². The number of nitrogens with two attached hydrogens (primary N) is 1. The number of hydrogen-bond donors (Lipinski definition) is 2. The standard InChI is InChI=1S/C22H29IN4O4/c1-10(2)13-8-16(30-7)14(23)9-15(13)31-19-17(18(28)11(3)4)25-22(26-20(19)24)27-21(29)12(5)6/h8-12H,1-7H3,(H3,24,25,26,27,29). The van der Waals surface area contributed by atoms with E-state index >= 15 is 0 Å². The van der Waals surface area contributed by atoms with Gasteiger partial charge in [0.1, 0.15) is 11.5 Å². The maximum absolute atomic E-state index is 12.9. The molecule has 0 spiro atoms. The van der Waals surface area contributed by atoms with Gasteiger partial charge in [-0.1, -0.05) is 41.5 Å². The number of methoxy groups -OCH3 is 1. The van der Waals surface area contributed by atoms with Gasteiger partial charge in [0.2, 0.25) is 11.9 Å². The Hall–Kier alpha value is -2.43. The predicted octanol–water partition coefficient (Wildman–Crippen LogP) is 5.02. The molecule has 2 rings (SSSR count). The summed E-state index contributed by atoms with van der Waals surface area (Å²) in [6.07, 6.45) is 0. The molecule has 0 bridgehead atoms. The molecule has 0 atom stereocenters. The van der Waals surface area contributed by atoms with Crippen LogP contribution in [0, 0.1) is 15.4 Å². The van der Waals surface area contributed by atoms with Crippen LogP contribution in [0.5, 0.6) is 17.2 Å². The summed E-state index contributed by atoms with van der Waals surface area (Å²) in [7, 11) is 1.61. The Morgan fingerprint density at radius 2 is 1.68 bits per heavy atom. The van der Waals surface area contributed by atoms with Gasteiger partial charge in [-0.3, -0.25) is 14.9 Å². The van der Waals surface area contributed by atoms with Crippen LogP contribution in [0.15, 0.2) is 12.1 Å². The minimum absolute atomic E-state index is 0.0269. The zero-order valence-electron chi connectivity index (χ0n) is 18.9. The molecule has 1 aromatic heterocycles. The number of hydrogen-bond acceptors (Lipinski definition) is 7. The van der Waals surface area contributed by atoms with Crippen LogP contribution < -0.4 is 20.5 Å². The Morgan fingerprint density at radius 3 is 2.19 bits per heavy atom. The molecule has 9 heteroatoms. The quantitative estimate of drug-likeness (QED) is 0.357. The van der Waals surface area contributed by atoms with E-state index in [4.69, 9.17) is 15.2 Å². The molecule has 168 valence electrons. The normalized spacial score (nSPS) is 11.2. The number of carbonyl (C=O) groups is 2. The van der Waals surface area contributed by atoms with Crippen molar-refractivity contribution < 1.29 is 19.1 Å². The molecule has 1 aromatic carbocycles. The number of aromatic nitrogens is 2. The van der Waals surface area contributed by atoms with E-state index in [0.29, 0.717) is 5.75 Å². The van der Waals surface area contributed by atoms with Gasteiger partial charge in [0.25, 0.3) is 0 Å². The Balaban J connectivity index is 2.62. The predicted molar refractivity (Wildman–Crippen MR) is 129 cm³/mol. The van der Waals surface area contributed by atoms with Gasteiger partial charge in [0, 0.05) is 17.4 Å². The molecular weight excluding hydrogens is 511 g/mol. The first-order valence-corrected chi connectivity index (χ1v) is 11.1. The minimum atomic E-state index is -0.356. The van der Waals surface area contributed by atoms with Crippen molar-refractivity contribution in [3.8, 4) is 17.2 Å². The maximum Gasteiger partial charge on any atom is 0.232 e. The molecule has 0 unspecified atom stereocenters. The minimum Gasteiger partial charge on any atom is -0.496 e. The molecule has 0 saturated carbocycles. The van der Waals surface area contributed by atoms with E-state index in [1.807, 2.05) is 26.0 Å². The summed E-state index contributed by atoms with van der Waals surface area (Å²) >= 11 is 2.15. The Kier molecular flexibility index (Phi) is 8.21. The van der Waals surface area contributed by atoms with Gasteiger partial charge in [0.05, 0.1) is 10.7 Å². The van der Waals surface area contributed by atoms with Crippen LogP contribution >= 0.6 is 22.6 Å². The van der Waals surface area contributed by atoms with Crippen LogP contribution in [0.4, 0.5) is 11.8 Å². The second-order valence-corrected chi connectivity index (χ2v) is 9.22. The van der Waals surface area contributed by atoms with Gasteiger partial charge in [-0.15, -0.1) is 0 Å². The van der Waals surface area contributed by atoms with E-state index in [9.17, 15) is 9.59 Å². The van der Waals surface area contributed by atoms with Crippen molar-refractivity contribution in [3.63, 3.8) is 0 Å². The zero-order chi connectivity index (χ0) is 23.5. The highest BCUT2D eigenvalue weighted by molar-refractivity contribution is 14.1. The first-order chi connectivity index (χ1) is 14.5. The zero-order valence-corrected chi connectivity index (χ0v) is 21.0. The molecule has 1 heterocycles. The topological polar surface area (TPSA) is 116 Å². The number of anilines is 2. The lowest BCUT2D eigenvalue weighted by Gasteiger charge is -2.19. The van der Waals surface area contributed by atoms with Crippen molar-refractivity contribution in [2.24, 2.45) is 11.8 Å². The summed E-state index contributed by atoms with van der Waals surface area (Å²) in [5, 5.41) is 2.59. The molecule has 0 radical (unpaired) electrons. The number of benzene rings is 1. The maximum atomic E-state index is 12.9. The van der Waals surface area contributed by atoms with Gasteiger partial charge >= 0.3 is 0 Å². The lowest BCUT2D eigenvalue weighted by Crippen LogP contribution is -2.22. The Labute approximate surface area is 196 Å². The summed E-state index contributed by atoms with van der Waals surface area (Å²) in [6.45, 7) is 11.1. The number of halogens is 1. The smallest absolute Gasteiger partial charge is 0.232 e. The third kappa shape index (κ3) is 5.84. The molecular formula is C22H29IN4O4. The van der Waals surface area contributed by atoms with E-state index in [1.165, 1.54) is 0 Å². The molecule has 0 aliphatic heterocycles. The lowest BCUT2D eigenvalue weighted by atomic mass is 10.0. The molecule has 8 nitrogen and oxygen atoms in total. The summed E-state index contributed by atoms with van der Waals surface area (Å²) in [5.41, 5.74) is 7.09. The Morgan fingerprint density at radius 1 is 1.03 bits per heavy atom. The van der Waals surface area contributed by atoms with Gasteiger partial charge in [-0.25, -0.2) is 4.98 Å². The fraction of sp³-hybridized carbons (Fsp3) is 0.455. The fourth-order valence-corrected chi connectivity index (χ4v) is 3.33. The van der Waals surface area contributed by atoms with Gasteiger partial charge in [0.15, 0.2) is 23.0 Å². The van der Waals surface area contributed by atoms with E-state index in [1.54, 1.807) is 34.8 Å². The first kappa shape index (κ1) is 24.8. The number of nitrogen functional groups attached to an aromatic ring is 1. The van der Waals surface area contributed by atoms with Crippen molar-refractivity contribution in [1.29, 1.82) is 0 Å². The summed E-state index contributed by atoms with van der Waals surface area (Å²) in [4.78, 5) is 33.4. The number of ketones is 1. The Bertz CT molecular complexity index is 990. The number of Topliss-reactive ketones (excluding diaryl/α,β-unsaturated/α-hetero) is 1. The number of amides is 1. The fourth-order valence-electron chi connectivity index (χ4n) is 2.68. The van der Waals surface area contributed by atoms with E-state index in [2.05, 4.69) is 37.9 Å². The van der Waals surface area contributed by atoms with Crippen molar-refractivity contribution in [2.75, 3.05) is 18.2 Å². The molecule has 1 amide bonds. The van der Waals surface area contributed by atoms with Crippen LogP contribution in [0.25, 0.3) is 0 Å². The monoisotopic (exact) mass is 540 g/mol. The highest BCUT2D eigenvalue weighted by atomic mass is 127. The van der Waals surface area contributed by atoms with Gasteiger partial charge in [-0.05, 0) is 40.6 Å². The molecule has 0 fully saturated rings. The number of nitrogens with zero attached hydrogens (tertiary/aromatic N) is 2. The largest absolute Gasteiger partial charge is 0.496 e. The van der Waals surface area contributed by atoms with Crippen molar-refractivity contribution >= 4 is 46.0 Å². The number of rotatable bonds is 8. The van der Waals surface area contributed by atoms with Crippen LogP contribution in [0.1, 0.15) is 63.5 Å². The second kappa shape index (κ2) is 10.3. The molecule has 2 aromatic rings. The highest BCUT2D eigenvalue weighted by Crippen LogP contribution is 2.39. The first-order valence-electron chi connectivity index (χ1n) is 10.0. The number of ether oxygens (including phenoxy) is 2. The number of nitrogens with one attached hydrogen (secondary N) is 1. The summed E-state index contributed by atoms with van der Waals surface area (Å²) in [5.74, 6) is 0.228. The third-order valence-corrected chi connectivity index (χ3v) is 5.37. The average Bonchev–Trinajstić information content (AvgIpc) is 2.68. The van der Waals surface area contributed by atoms with E-state index < -0.39 is 0 Å². The van der Waals surface area contributed by atoms with Gasteiger partial charge < -0.3 is 15.2 Å². The summed E-state index contributed by atoms with van der Waals surface area (Å²) < 4.78 is 12.4. The van der Waals surface area contributed by atoms with E-state index in [0.717, 1.165) is 14.9 Å². The van der Waals surface area contributed by atoms with Crippen LogP contribution in [0.3, 0.4) is 0 Å².